The Bertz CT molecular complexity index is 320. The zero-order valence-corrected chi connectivity index (χ0v) is 12.2. The van der Waals surface area contributed by atoms with Crippen LogP contribution in [0.5, 0.6) is 0 Å². The van der Waals surface area contributed by atoms with Crippen molar-refractivity contribution in [3.8, 4) is 0 Å². The summed E-state index contributed by atoms with van der Waals surface area (Å²) in [7, 11) is 1.75. The van der Waals surface area contributed by atoms with Gasteiger partial charge in [-0.1, -0.05) is 51.5 Å². The molecule has 1 aromatic carbocycles. The van der Waals surface area contributed by atoms with E-state index in [1.807, 2.05) is 0 Å². The third kappa shape index (κ3) is 4.43. The molecule has 0 amide bonds. The number of hydrogen-bond acceptors (Lipinski definition) is 2. The van der Waals surface area contributed by atoms with E-state index in [1.165, 1.54) is 17.5 Å². The molecule has 0 saturated carbocycles. The number of nitrogens with one attached hydrogen (secondary N) is 1. The van der Waals surface area contributed by atoms with Gasteiger partial charge in [-0.3, -0.25) is 0 Å². The van der Waals surface area contributed by atoms with Crippen LogP contribution in [-0.2, 0) is 11.2 Å². The maximum Gasteiger partial charge on any atom is 0.0502 e. The Morgan fingerprint density at radius 3 is 2.33 bits per heavy atom. The summed E-state index contributed by atoms with van der Waals surface area (Å²) in [4.78, 5) is 0. The Kier molecular flexibility index (Phi) is 6.99. The Balaban J connectivity index is 2.73. The second kappa shape index (κ2) is 8.28. The highest BCUT2D eigenvalue weighted by Crippen LogP contribution is 2.24. The van der Waals surface area contributed by atoms with Gasteiger partial charge in [0, 0.05) is 13.2 Å². The second-order valence-corrected chi connectivity index (χ2v) is 4.91. The lowest BCUT2D eigenvalue weighted by molar-refractivity contribution is 0.202. The smallest absolute Gasteiger partial charge is 0.0502 e. The minimum absolute atomic E-state index is 0.469. The molecule has 2 atom stereocenters. The maximum absolute atomic E-state index is 5.11. The summed E-state index contributed by atoms with van der Waals surface area (Å²) in [5.74, 6) is 0.662. The summed E-state index contributed by atoms with van der Waals surface area (Å²) >= 11 is 0. The van der Waals surface area contributed by atoms with E-state index in [9.17, 15) is 0 Å². The second-order valence-electron chi connectivity index (χ2n) is 4.91. The number of hydrogen-bond donors (Lipinski definition) is 1. The lowest BCUT2D eigenvalue weighted by Gasteiger charge is -2.24. The van der Waals surface area contributed by atoms with Gasteiger partial charge in [0.05, 0.1) is 6.61 Å². The zero-order valence-electron chi connectivity index (χ0n) is 12.2. The lowest BCUT2D eigenvalue weighted by Crippen LogP contribution is -2.26. The first-order chi connectivity index (χ1) is 8.72. The average molecular weight is 249 g/mol. The van der Waals surface area contributed by atoms with E-state index in [1.54, 1.807) is 7.11 Å². The molecule has 0 radical (unpaired) electrons. The van der Waals surface area contributed by atoms with E-state index in [-0.39, 0.29) is 0 Å². The highest BCUT2D eigenvalue weighted by atomic mass is 16.5. The van der Waals surface area contributed by atoms with Crippen LogP contribution in [0.4, 0.5) is 0 Å². The predicted octanol–water partition coefficient (Wildman–Crippen LogP) is 3.57. The van der Waals surface area contributed by atoms with E-state index < -0.39 is 0 Å². The number of ether oxygens (including phenoxy) is 1. The van der Waals surface area contributed by atoms with E-state index >= 15 is 0 Å². The number of rotatable bonds is 8. The minimum Gasteiger partial charge on any atom is -0.384 e. The van der Waals surface area contributed by atoms with Gasteiger partial charge >= 0.3 is 0 Å². The Morgan fingerprint density at radius 2 is 1.83 bits per heavy atom. The largest absolute Gasteiger partial charge is 0.384 e. The van der Waals surface area contributed by atoms with Crippen LogP contribution < -0.4 is 5.32 Å². The first-order valence-corrected chi connectivity index (χ1v) is 7.04. The highest BCUT2D eigenvalue weighted by molar-refractivity contribution is 5.25. The van der Waals surface area contributed by atoms with Gasteiger partial charge in [-0.15, -0.1) is 0 Å². The van der Waals surface area contributed by atoms with E-state index in [0.29, 0.717) is 12.0 Å². The molecule has 0 aromatic heterocycles. The van der Waals surface area contributed by atoms with Crippen molar-refractivity contribution in [2.75, 3.05) is 20.3 Å². The van der Waals surface area contributed by atoms with Crippen molar-refractivity contribution in [3.63, 3.8) is 0 Å². The van der Waals surface area contributed by atoms with Crippen molar-refractivity contribution in [1.29, 1.82) is 0 Å². The summed E-state index contributed by atoms with van der Waals surface area (Å²) in [6.45, 7) is 8.54. The van der Waals surface area contributed by atoms with Crippen molar-refractivity contribution in [3.05, 3.63) is 35.4 Å². The fourth-order valence-electron chi connectivity index (χ4n) is 2.21. The molecule has 1 aromatic rings. The van der Waals surface area contributed by atoms with Gasteiger partial charge in [0.2, 0.25) is 0 Å². The quantitative estimate of drug-likeness (QED) is 0.760. The number of methoxy groups -OCH3 is 1. The van der Waals surface area contributed by atoms with Crippen molar-refractivity contribution in [2.45, 2.75) is 39.7 Å². The van der Waals surface area contributed by atoms with Gasteiger partial charge < -0.3 is 10.1 Å². The molecule has 1 N–H and O–H groups in total. The molecular weight excluding hydrogens is 222 g/mol. The van der Waals surface area contributed by atoms with E-state index in [4.69, 9.17) is 4.74 Å². The first-order valence-electron chi connectivity index (χ1n) is 7.04. The summed E-state index contributed by atoms with van der Waals surface area (Å²) in [6.07, 6.45) is 2.19. The Morgan fingerprint density at radius 1 is 1.17 bits per heavy atom. The fourth-order valence-corrected chi connectivity index (χ4v) is 2.21. The molecule has 18 heavy (non-hydrogen) atoms. The van der Waals surface area contributed by atoms with Crippen molar-refractivity contribution in [1.82, 2.24) is 5.32 Å². The maximum atomic E-state index is 5.11. The van der Waals surface area contributed by atoms with E-state index in [2.05, 4.69) is 50.4 Å². The van der Waals surface area contributed by atoms with Crippen LogP contribution in [0.15, 0.2) is 24.3 Å². The van der Waals surface area contributed by atoms with Gasteiger partial charge in [-0.25, -0.2) is 0 Å². The molecule has 0 bridgehead atoms. The van der Waals surface area contributed by atoms with Crippen molar-refractivity contribution in [2.24, 2.45) is 5.92 Å². The van der Waals surface area contributed by atoms with Gasteiger partial charge in [-0.2, -0.15) is 0 Å². The van der Waals surface area contributed by atoms with Crippen molar-refractivity contribution < 1.29 is 4.74 Å². The molecule has 0 aliphatic heterocycles. The zero-order chi connectivity index (χ0) is 13.4. The van der Waals surface area contributed by atoms with E-state index in [0.717, 1.165) is 19.6 Å². The van der Waals surface area contributed by atoms with Crippen LogP contribution in [0.2, 0.25) is 0 Å². The molecule has 0 saturated heterocycles. The molecule has 2 unspecified atom stereocenters. The molecule has 102 valence electrons. The fraction of sp³-hybridized carbons (Fsp3) is 0.625. The van der Waals surface area contributed by atoms with Gasteiger partial charge in [0.25, 0.3) is 0 Å². The Labute approximate surface area is 112 Å². The SMILES string of the molecule is CCNC(c1ccc(CCOC)cc1)C(C)CC. The summed E-state index contributed by atoms with van der Waals surface area (Å²) in [5, 5.41) is 3.59. The molecule has 0 heterocycles. The molecule has 2 nitrogen and oxygen atoms in total. The molecule has 0 aliphatic rings. The van der Waals surface area contributed by atoms with Gasteiger partial charge in [-0.05, 0) is 30.0 Å². The molecule has 2 heteroatoms. The normalized spacial score (nSPS) is 14.4. The molecule has 0 spiro atoms. The minimum atomic E-state index is 0.469. The number of benzene rings is 1. The lowest BCUT2D eigenvalue weighted by atomic mass is 9.91. The Hall–Kier alpha value is -0.860. The summed E-state index contributed by atoms with van der Waals surface area (Å²) < 4.78 is 5.11. The summed E-state index contributed by atoms with van der Waals surface area (Å²) in [5.41, 5.74) is 2.74. The van der Waals surface area contributed by atoms with Crippen LogP contribution in [-0.4, -0.2) is 20.3 Å². The monoisotopic (exact) mass is 249 g/mol. The van der Waals surface area contributed by atoms with Crippen LogP contribution in [0.1, 0.15) is 44.4 Å². The molecule has 0 fully saturated rings. The average Bonchev–Trinajstić information content (AvgIpc) is 2.42. The first kappa shape index (κ1) is 15.2. The predicted molar refractivity (Wildman–Crippen MR) is 77.9 cm³/mol. The summed E-state index contributed by atoms with van der Waals surface area (Å²) in [6, 6.07) is 9.42. The highest BCUT2D eigenvalue weighted by Gasteiger charge is 2.16. The third-order valence-electron chi connectivity index (χ3n) is 3.57. The van der Waals surface area contributed by atoms with Gasteiger partial charge in [0.1, 0.15) is 0 Å². The van der Waals surface area contributed by atoms with Gasteiger partial charge in [0.15, 0.2) is 0 Å². The van der Waals surface area contributed by atoms with Crippen LogP contribution in [0, 0.1) is 5.92 Å². The standard InChI is InChI=1S/C16H27NO/c1-5-13(3)16(17-6-2)15-9-7-14(8-10-15)11-12-18-4/h7-10,13,16-17H,5-6,11-12H2,1-4H3. The third-order valence-corrected chi connectivity index (χ3v) is 3.57. The molecule has 0 aliphatic carbocycles. The van der Waals surface area contributed by atoms with Crippen molar-refractivity contribution >= 4 is 0 Å². The topological polar surface area (TPSA) is 21.3 Å². The molecular formula is C16H27NO. The van der Waals surface area contributed by atoms with Crippen LogP contribution >= 0.6 is 0 Å². The molecule has 1 rings (SSSR count). The van der Waals surface area contributed by atoms with Crippen LogP contribution in [0.25, 0.3) is 0 Å². The van der Waals surface area contributed by atoms with Crippen LogP contribution in [0.3, 0.4) is 0 Å².